The summed E-state index contributed by atoms with van der Waals surface area (Å²) in [6.45, 7) is 6.81. The van der Waals surface area contributed by atoms with Gasteiger partial charge in [-0.1, -0.05) is 86.2 Å². The first-order valence-electron chi connectivity index (χ1n) is 15.4. The van der Waals surface area contributed by atoms with Crippen molar-refractivity contribution < 1.29 is 19.5 Å². The van der Waals surface area contributed by atoms with E-state index in [1.54, 1.807) is 21.6 Å². The summed E-state index contributed by atoms with van der Waals surface area (Å²) in [7, 11) is 0. The normalized spacial score (nSPS) is 31.4. The molecule has 1 spiro atoms. The molecule has 4 heterocycles. The van der Waals surface area contributed by atoms with Crippen LogP contribution in [0, 0.1) is 11.8 Å². The average molecular weight is 600 g/mol. The summed E-state index contributed by atoms with van der Waals surface area (Å²) in [6, 6.07) is 17.9. The number of likely N-dealkylation sites (tertiary alicyclic amines) is 1. The van der Waals surface area contributed by atoms with Gasteiger partial charge in [0, 0.05) is 29.6 Å². The van der Waals surface area contributed by atoms with E-state index >= 15 is 0 Å². The van der Waals surface area contributed by atoms with E-state index in [0.29, 0.717) is 19.5 Å². The van der Waals surface area contributed by atoms with E-state index in [4.69, 9.17) is 0 Å². The van der Waals surface area contributed by atoms with Gasteiger partial charge in [0.05, 0.1) is 29.2 Å². The van der Waals surface area contributed by atoms with E-state index in [0.717, 1.165) is 24.1 Å². The molecule has 2 aromatic carbocycles. The number of anilines is 1. The molecular formula is C35H41N3O4S. The van der Waals surface area contributed by atoms with E-state index in [9.17, 15) is 19.5 Å². The summed E-state index contributed by atoms with van der Waals surface area (Å²) >= 11 is 1.59. The summed E-state index contributed by atoms with van der Waals surface area (Å²) in [5, 5.41) is 10.8. The average Bonchev–Trinajstić information content (AvgIpc) is 3.28. The van der Waals surface area contributed by atoms with Crippen molar-refractivity contribution in [3.8, 4) is 0 Å². The molecule has 4 aliphatic heterocycles. The number of carbonyl (C=O) groups excluding carboxylic acids is 3. The van der Waals surface area contributed by atoms with Gasteiger partial charge in [0.25, 0.3) is 0 Å². The van der Waals surface area contributed by atoms with Gasteiger partial charge in [-0.2, -0.15) is 0 Å². The highest BCUT2D eigenvalue weighted by molar-refractivity contribution is 8.02. The number of benzene rings is 2. The SMILES string of the molecule is CCCC(C)N1CC=C[C@]23S[C@]4(C)C=CCN(c5ccccc5)C(=O)[C@@H]4[C@H]2C(=O)N([C@@H](CO)Cc2ccccc2)C3C1=O. The molecule has 2 unspecified atom stereocenters. The van der Waals surface area contributed by atoms with Crippen molar-refractivity contribution in [3.05, 3.63) is 90.5 Å². The lowest BCUT2D eigenvalue weighted by Crippen LogP contribution is -2.58. The minimum absolute atomic E-state index is 0.00225. The lowest BCUT2D eigenvalue weighted by Gasteiger charge is -2.41. The Labute approximate surface area is 258 Å². The second-order valence-corrected chi connectivity index (χ2v) is 14.3. The smallest absolute Gasteiger partial charge is 0.247 e. The molecule has 4 aliphatic rings. The molecule has 0 saturated carbocycles. The standard InChI is InChI=1S/C35H41N3O4S/c1-4-13-24(2)36-20-12-19-35-29(28-31(40)37(26-16-9-6-10-17-26)21-11-18-34(28,3)43-35)32(41)38(30(35)33(36)42)27(23-39)22-25-14-7-5-8-15-25/h5-12,14-19,24,27-30,39H,4,13,20-23H2,1-3H3/t24?,27-,28+,29+,30?,34-,35+/m1/s1. The largest absolute Gasteiger partial charge is 0.394 e. The maximum Gasteiger partial charge on any atom is 0.247 e. The first kappa shape index (κ1) is 29.7. The minimum atomic E-state index is -0.946. The van der Waals surface area contributed by atoms with Crippen molar-refractivity contribution >= 4 is 35.2 Å². The van der Waals surface area contributed by atoms with Crippen molar-refractivity contribution in [1.29, 1.82) is 0 Å². The second kappa shape index (κ2) is 11.6. The number of amides is 3. The quantitative estimate of drug-likeness (QED) is 0.453. The zero-order chi connectivity index (χ0) is 30.4. The molecule has 2 saturated heterocycles. The van der Waals surface area contributed by atoms with Gasteiger partial charge < -0.3 is 19.8 Å². The van der Waals surface area contributed by atoms with Crippen LogP contribution in [0.1, 0.15) is 39.2 Å². The molecule has 0 bridgehead atoms. The third-order valence-electron chi connectivity index (χ3n) is 9.75. The van der Waals surface area contributed by atoms with Crippen LogP contribution in [0.4, 0.5) is 5.69 Å². The number of carbonyl (C=O) groups is 3. The molecule has 0 radical (unpaired) electrons. The number of rotatable bonds is 8. The highest BCUT2D eigenvalue weighted by Crippen LogP contribution is 2.66. The predicted molar refractivity (Wildman–Crippen MR) is 171 cm³/mol. The molecule has 2 aromatic rings. The number of hydrogen-bond donors (Lipinski definition) is 1. The molecule has 2 fully saturated rings. The van der Waals surface area contributed by atoms with Gasteiger partial charge >= 0.3 is 0 Å². The van der Waals surface area contributed by atoms with E-state index in [1.165, 1.54) is 0 Å². The fourth-order valence-electron chi connectivity index (χ4n) is 7.82. The van der Waals surface area contributed by atoms with Crippen LogP contribution in [-0.4, -0.2) is 79.9 Å². The highest BCUT2D eigenvalue weighted by atomic mass is 32.2. The fourth-order valence-corrected chi connectivity index (χ4v) is 9.96. The van der Waals surface area contributed by atoms with Crippen LogP contribution in [-0.2, 0) is 20.8 Å². The van der Waals surface area contributed by atoms with E-state index < -0.39 is 33.4 Å². The summed E-state index contributed by atoms with van der Waals surface area (Å²) in [5.41, 5.74) is 1.77. The highest BCUT2D eigenvalue weighted by Gasteiger charge is 2.74. The first-order chi connectivity index (χ1) is 20.8. The Bertz CT molecular complexity index is 1430. The minimum Gasteiger partial charge on any atom is -0.394 e. The number of hydrogen-bond acceptors (Lipinski definition) is 5. The van der Waals surface area contributed by atoms with Gasteiger partial charge in [-0.25, -0.2) is 0 Å². The lowest BCUT2D eigenvalue weighted by molar-refractivity contribution is -0.146. The molecule has 3 amide bonds. The van der Waals surface area contributed by atoms with Crippen molar-refractivity contribution in [1.82, 2.24) is 9.80 Å². The molecule has 6 rings (SSSR count). The molecule has 1 N–H and O–H groups in total. The summed E-state index contributed by atoms with van der Waals surface area (Å²) in [5.74, 6) is -1.85. The summed E-state index contributed by atoms with van der Waals surface area (Å²) in [4.78, 5) is 49.6. The van der Waals surface area contributed by atoms with E-state index in [1.807, 2.05) is 84.6 Å². The number of aliphatic hydroxyl groups excluding tert-OH is 1. The molecule has 7 nitrogen and oxygen atoms in total. The Morgan fingerprint density at radius 1 is 0.907 bits per heavy atom. The molecule has 0 aromatic heterocycles. The predicted octanol–water partition coefficient (Wildman–Crippen LogP) is 4.47. The van der Waals surface area contributed by atoms with Crippen LogP contribution in [0.3, 0.4) is 0 Å². The van der Waals surface area contributed by atoms with Crippen LogP contribution in [0.5, 0.6) is 0 Å². The molecular weight excluding hydrogens is 558 g/mol. The number of nitrogens with zero attached hydrogens (tertiary/aromatic N) is 3. The van der Waals surface area contributed by atoms with Crippen LogP contribution in [0.2, 0.25) is 0 Å². The van der Waals surface area contributed by atoms with Gasteiger partial charge in [0.2, 0.25) is 17.7 Å². The third kappa shape index (κ3) is 4.83. The summed E-state index contributed by atoms with van der Waals surface area (Å²) in [6.07, 6.45) is 10.4. The monoisotopic (exact) mass is 599 g/mol. The molecule has 226 valence electrons. The number of thioether (sulfide) groups is 1. The zero-order valence-electron chi connectivity index (χ0n) is 25.1. The van der Waals surface area contributed by atoms with Crippen molar-refractivity contribution in [3.63, 3.8) is 0 Å². The molecule has 8 heteroatoms. The Kier molecular flexibility index (Phi) is 8.03. The Morgan fingerprint density at radius 3 is 2.26 bits per heavy atom. The van der Waals surface area contributed by atoms with Crippen molar-refractivity contribution in [2.75, 3.05) is 24.6 Å². The van der Waals surface area contributed by atoms with Gasteiger partial charge in [-0.3, -0.25) is 14.4 Å². The maximum atomic E-state index is 14.9. The summed E-state index contributed by atoms with van der Waals surface area (Å²) < 4.78 is -1.63. The molecule has 7 atom stereocenters. The second-order valence-electron chi connectivity index (χ2n) is 12.5. The number of fused-ring (bicyclic) bond motifs is 2. The van der Waals surface area contributed by atoms with Crippen LogP contribution < -0.4 is 4.90 Å². The van der Waals surface area contributed by atoms with Gasteiger partial charge in [-0.05, 0) is 44.4 Å². The Hall–Kier alpha value is -3.36. The van der Waals surface area contributed by atoms with Crippen LogP contribution in [0.15, 0.2) is 85.0 Å². The van der Waals surface area contributed by atoms with Crippen LogP contribution in [0.25, 0.3) is 0 Å². The van der Waals surface area contributed by atoms with Crippen molar-refractivity contribution in [2.24, 2.45) is 11.8 Å². The van der Waals surface area contributed by atoms with Gasteiger partial charge in [0.15, 0.2) is 0 Å². The van der Waals surface area contributed by atoms with Crippen LogP contribution >= 0.6 is 11.8 Å². The molecule has 43 heavy (non-hydrogen) atoms. The Balaban J connectivity index is 1.48. The molecule has 0 aliphatic carbocycles. The van der Waals surface area contributed by atoms with Gasteiger partial charge in [-0.15, -0.1) is 11.8 Å². The first-order valence-corrected chi connectivity index (χ1v) is 16.3. The lowest BCUT2D eigenvalue weighted by atomic mass is 9.74. The fraction of sp³-hybridized carbons (Fsp3) is 0.457. The zero-order valence-corrected chi connectivity index (χ0v) is 26.0. The number of para-hydroxylation sites is 1. The topological polar surface area (TPSA) is 81.2 Å². The van der Waals surface area contributed by atoms with E-state index in [-0.39, 0.29) is 30.4 Å². The van der Waals surface area contributed by atoms with E-state index in [2.05, 4.69) is 26.0 Å². The maximum absolute atomic E-state index is 14.9. The Morgan fingerprint density at radius 2 is 1.58 bits per heavy atom. The van der Waals surface area contributed by atoms with Gasteiger partial charge in [0.1, 0.15) is 6.04 Å². The third-order valence-corrected chi connectivity index (χ3v) is 11.5. The van der Waals surface area contributed by atoms with Crippen molar-refractivity contribution in [2.45, 2.75) is 67.7 Å². The number of aliphatic hydroxyl groups is 1.